The summed E-state index contributed by atoms with van der Waals surface area (Å²) in [6.45, 7) is 0. The van der Waals surface area contributed by atoms with Crippen LogP contribution in [0.5, 0.6) is 11.6 Å². The summed E-state index contributed by atoms with van der Waals surface area (Å²) in [7, 11) is 1.03. The Kier molecular flexibility index (Phi) is 3.19. The van der Waals surface area contributed by atoms with Gasteiger partial charge in [-0.1, -0.05) is 11.6 Å². The Hall–Kier alpha value is -0.935. The van der Waals surface area contributed by atoms with Crippen molar-refractivity contribution >= 4 is 19.3 Å². The van der Waals surface area contributed by atoms with Crippen molar-refractivity contribution in [3.05, 3.63) is 17.3 Å². The van der Waals surface area contributed by atoms with Crippen molar-refractivity contribution in [1.29, 1.82) is 0 Å². The highest BCUT2D eigenvalue weighted by Crippen LogP contribution is 2.25. The van der Waals surface area contributed by atoms with Crippen molar-refractivity contribution in [2.75, 3.05) is 7.11 Å². The molecule has 0 fully saturated rings. The van der Waals surface area contributed by atoms with E-state index in [1.54, 1.807) is 12.1 Å². The van der Waals surface area contributed by atoms with Crippen LogP contribution in [-0.2, 0) is 0 Å². The Balaban J connectivity index is 2.94. The van der Waals surface area contributed by atoms with E-state index in [-0.39, 0.29) is 5.88 Å². The third kappa shape index (κ3) is 2.02. The molecule has 0 aliphatic heterocycles. The molecule has 0 unspecified atom stereocenters. The van der Waals surface area contributed by atoms with Gasteiger partial charge in [-0.15, -0.1) is 0 Å². The largest absolute Gasteiger partial charge is 0.535 e. The number of methoxy groups -OCH3 is 1. The summed E-state index contributed by atoms with van der Waals surface area (Å²) in [4.78, 5) is 3.82. The first-order chi connectivity index (χ1) is 5.77. The van der Waals surface area contributed by atoms with E-state index in [0.717, 1.165) is 0 Å². The zero-order chi connectivity index (χ0) is 8.97. The Morgan fingerprint density at radius 2 is 2.33 bits per heavy atom. The Morgan fingerprint density at radius 1 is 1.58 bits per heavy atom. The Bertz CT molecular complexity index is 271. The number of hydrogen-bond acceptors (Lipinski definition) is 4. The highest BCUT2D eigenvalue weighted by Gasteiger charge is 2.05. The van der Waals surface area contributed by atoms with E-state index in [4.69, 9.17) is 26.0 Å². The number of pyridine rings is 1. The van der Waals surface area contributed by atoms with Crippen LogP contribution in [0.15, 0.2) is 12.1 Å². The van der Waals surface area contributed by atoms with Crippen LogP contribution in [0.2, 0.25) is 5.15 Å². The molecule has 6 heteroatoms. The van der Waals surface area contributed by atoms with Crippen molar-refractivity contribution < 1.29 is 14.4 Å². The number of nitrogens with zero attached hydrogens (tertiary/aromatic N) is 1. The topological polar surface area (TPSA) is 51.6 Å². The minimum absolute atomic E-state index is 0.261. The molecule has 1 N–H and O–H groups in total. The van der Waals surface area contributed by atoms with E-state index < -0.39 is 7.69 Å². The number of halogens is 1. The fourth-order valence-electron chi connectivity index (χ4n) is 0.731. The van der Waals surface area contributed by atoms with E-state index in [1.165, 1.54) is 7.11 Å². The maximum atomic E-state index is 8.47. The molecule has 0 spiro atoms. The number of rotatable bonds is 3. The van der Waals surface area contributed by atoms with Gasteiger partial charge in [0.05, 0.1) is 7.11 Å². The molecule has 0 bridgehead atoms. The second kappa shape index (κ2) is 4.18. The van der Waals surface area contributed by atoms with E-state index >= 15 is 0 Å². The monoisotopic (exact) mass is 187 g/mol. The van der Waals surface area contributed by atoms with Gasteiger partial charge in [0.25, 0.3) is 5.88 Å². The molecule has 0 radical (unpaired) electrons. The highest BCUT2D eigenvalue weighted by molar-refractivity contribution is 6.29. The summed E-state index contributed by atoms with van der Waals surface area (Å²) in [5.74, 6) is 0.626. The van der Waals surface area contributed by atoms with Crippen LogP contribution in [-0.4, -0.2) is 24.8 Å². The van der Waals surface area contributed by atoms with Crippen LogP contribution in [0.3, 0.4) is 0 Å². The second-order valence-corrected chi connectivity index (χ2v) is 2.30. The van der Waals surface area contributed by atoms with Gasteiger partial charge in [0.15, 0.2) is 5.75 Å². The lowest BCUT2D eigenvalue weighted by molar-refractivity contribution is 0.367. The molecule has 1 heterocycles. The summed E-state index contributed by atoms with van der Waals surface area (Å²) in [5, 5.41) is 8.79. The minimum Gasteiger partial charge on any atom is -0.535 e. The summed E-state index contributed by atoms with van der Waals surface area (Å²) >= 11 is 5.59. The van der Waals surface area contributed by atoms with Crippen LogP contribution >= 0.6 is 11.6 Å². The molecule has 0 aliphatic carbocycles. The molecular weight excluding hydrogens is 180 g/mol. The lowest BCUT2D eigenvalue weighted by Gasteiger charge is -2.06. The first kappa shape index (κ1) is 9.16. The van der Waals surface area contributed by atoms with Crippen LogP contribution in [0.25, 0.3) is 0 Å². The van der Waals surface area contributed by atoms with Gasteiger partial charge in [-0.3, -0.25) is 0 Å². The van der Waals surface area contributed by atoms with E-state index in [1.807, 2.05) is 0 Å². The summed E-state index contributed by atoms with van der Waals surface area (Å²) in [5.41, 5.74) is 0. The zero-order valence-corrected chi connectivity index (χ0v) is 7.21. The predicted octanol–water partition coefficient (Wildman–Crippen LogP) is 0.381. The third-order valence-corrected chi connectivity index (χ3v) is 1.42. The Morgan fingerprint density at radius 3 is 2.92 bits per heavy atom. The number of ether oxygens (including phenoxy) is 1. The van der Waals surface area contributed by atoms with E-state index in [0.29, 0.717) is 10.9 Å². The van der Waals surface area contributed by atoms with Crippen LogP contribution in [0.4, 0.5) is 0 Å². The minimum atomic E-state index is -0.417. The van der Waals surface area contributed by atoms with Crippen molar-refractivity contribution in [2.45, 2.75) is 0 Å². The lowest BCUT2D eigenvalue weighted by atomic mass is 10.3. The first-order valence-corrected chi connectivity index (χ1v) is 3.60. The zero-order valence-electron chi connectivity index (χ0n) is 6.45. The summed E-state index contributed by atoms with van der Waals surface area (Å²) in [6.07, 6.45) is 0. The van der Waals surface area contributed by atoms with Gasteiger partial charge >= 0.3 is 7.69 Å². The molecule has 4 nitrogen and oxygen atoms in total. The molecule has 0 atom stereocenters. The average molecular weight is 187 g/mol. The quantitative estimate of drug-likeness (QED) is 0.549. The standard InChI is InChI=1S/C6H7BClNO3/c1-11-6-4(12-7-10)2-3-5(8)9-6/h2-3,7,10H,1H3. The first-order valence-electron chi connectivity index (χ1n) is 3.22. The van der Waals surface area contributed by atoms with E-state index in [2.05, 4.69) is 4.98 Å². The lowest BCUT2D eigenvalue weighted by Crippen LogP contribution is -2.02. The number of hydrogen-bond donors (Lipinski definition) is 1. The molecule has 12 heavy (non-hydrogen) atoms. The summed E-state index contributed by atoms with van der Waals surface area (Å²) < 4.78 is 9.64. The van der Waals surface area contributed by atoms with Crippen molar-refractivity contribution in [2.24, 2.45) is 0 Å². The second-order valence-electron chi connectivity index (χ2n) is 1.91. The van der Waals surface area contributed by atoms with Crippen molar-refractivity contribution in [1.82, 2.24) is 4.98 Å². The van der Waals surface area contributed by atoms with Gasteiger partial charge in [0.1, 0.15) is 5.15 Å². The normalized spacial score (nSPS) is 9.25. The molecule has 1 aromatic rings. The van der Waals surface area contributed by atoms with Crippen LogP contribution in [0, 0.1) is 0 Å². The van der Waals surface area contributed by atoms with E-state index in [9.17, 15) is 0 Å². The molecular formula is C6H7BClNO3. The van der Waals surface area contributed by atoms with Crippen molar-refractivity contribution in [3.63, 3.8) is 0 Å². The molecule has 64 valence electrons. The molecule has 0 saturated heterocycles. The molecule has 0 aromatic carbocycles. The third-order valence-electron chi connectivity index (χ3n) is 1.20. The van der Waals surface area contributed by atoms with Crippen LogP contribution < -0.4 is 9.39 Å². The molecule has 1 aromatic heterocycles. The summed E-state index contributed by atoms with van der Waals surface area (Å²) in [6, 6.07) is 3.12. The average Bonchev–Trinajstić information content (AvgIpc) is 2.08. The molecule has 0 saturated carbocycles. The molecule has 0 aliphatic rings. The molecule has 0 amide bonds. The van der Waals surface area contributed by atoms with Crippen molar-refractivity contribution in [3.8, 4) is 11.6 Å². The van der Waals surface area contributed by atoms with Gasteiger partial charge in [-0.25, -0.2) is 0 Å². The van der Waals surface area contributed by atoms with Gasteiger partial charge < -0.3 is 14.4 Å². The maximum absolute atomic E-state index is 8.47. The van der Waals surface area contributed by atoms with Gasteiger partial charge in [-0.2, -0.15) is 4.98 Å². The SMILES string of the molecule is COc1nc(Cl)ccc1OBO. The smallest absolute Gasteiger partial charge is 0.504 e. The molecule has 1 rings (SSSR count). The fourth-order valence-corrected chi connectivity index (χ4v) is 0.870. The fraction of sp³-hybridized carbons (Fsp3) is 0.167. The predicted molar refractivity (Wildman–Crippen MR) is 45.8 cm³/mol. The maximum Gasteiger partial charge on any atom is 0.504 e. The highest BCUT2D eigenvalue weighted by atomic mass is 35.5. The van der Waals surface area contributed by atoms with Gasteiger partial charge in [0.2, 0.25) is 0 Å². The van der Waals surface area contributed by atoms with Gasteiger partial charge in [0, 0.05) is 0 Å². The number of aromatic nitrogens is 1. The van der Waals surface area contributed by atoms with Crippen LogP contribution in [0.1, 0.15) is 0 Å². The van der Waals surface area contributed by atoms with Gasteiger partial charge in [-0.05, 0) is 12.1 Å². The Labute approximate surface area is 75.4 Å².